The highest BCUT2D eigenvalue weighted by Crippen LogP contribution is 2.29. The molecule has 0 saturated carbocycles. The minimum atomic E-state index is -0.733. The Bertz CT molecular complexity index is 922. The fraction of sp³-hybridized carbons (Fsp3) is 0.312. The molecule has 0 bridgehead atoms. The van der Waals surface area contributed by atoms with E-state index in [1.54, 1.807) is 33.2 Å². The SMILES string of the molecule is Cc1cc([C@H](C)O)c2oc(-c3cnn(C)n3)c(C)c(=O)c2c1. The fourth-order valence-corrected chi connectivity index (χ4v) is 2.57. The lowest BCUT2D eigenvalue weighted by Gasteiger charge is -2.12. The third-order valence-corrected chi connectivity index (χ3v) is 3.67. The molecule has 0 radical (unpaired) electrons. The summed E-state index contributed by atoms with van der Waals surface area (Å²) in [5.74, 6) is 0.386. The predicted molar refractivity (Wildman–Crippen MR) is 82.6 cm³/mol. The summed E-state index contributed by atoms with van der Waals surface area (Å²) in [7, 11) is 1.70. The van der Waals surface area contributed by atoms with Gasteiger partial charge in [0.15, 0.2) is 11.2 Å². The van der Waals surface area contributed by atoms with Gasteiger partial charge >= 0.3 is 0 Å². The minimum Gasteiger partial charge on any atom is -0.453 e. The normalized spacial score (nSPS) is 12.8. The van der Waals surface area contributed by atoms with Gasteiger partial charge in [-0.1, -0.05) is 0 Å². The van der Waals surface area contributed by atoms with Gasteiger partial charge in [-0.3, -0.25) is 4.79 Å². The lowest BCUT2D eigenvalue weighted by atomic mass is 10.0. The van der Waals surface area contributed by atoms with Gasteiger partial charge in [0.1, 0.15) is 11.3 Å². The summed E-state index contributed by atoms with van der Waals surface area (Å²) >= 11 is 0. The molecule has 1 N–H and O–H groups in total. The number of fused-ring (bicyclic) bond motifs is 1. The first kappa shape index (κ1) is 14.5. The highest BCUT2D eigenvalue weighted by atomic mass is 16.3. The maximum absolute atomic E-state index is 12.7. The molecule has 0 spiro atoms. The van der Waals surface area contributed by atoms with Crippen LogP contribution in [0.15, 0.2) is 27.5 Å². The molecule has 0 saturated heterocycles. The van der Waals surface area contributed by atoms with Gasteiger partial charge in [0.2, 0.25) is 0 Å². The zero-order valence-corrected chi connectivity index (χ0v) is 12.9. The first-order chi connectivity index (χ1) is 10.4. The van der Waals surface area contributed by atoms with Crippen LogP contribution in [-0.4, -0.2) is 20.1 Å². The Morgan fingerprint density at radius 1 is 1.32 bits per heavy atom. The standard InChI is InChI=1S/C16H17N3O3/c1-8-5-11(10(3)20)16-12(6-8)14(21)9(2)15(22-16)13-7-17-19(4)18-13/h5-7,10,20H,1-4H3/t10-/m0/s1. The van der Waals surface area contributed by atoms with Gasteiger partial charge in [-0.25, -0.2) is 0 Å². The van der Waals surface area contributed by atoms with E-state index in [1.165, 1.54) is 4.80 Å². The molecule has 0 aliphatic carbocycles. The Morgan fingerprint density at radius 2 is 2.05 bits per heavy atom. The van der Waals surface area contributed by atoms with E-state index in [9.17, 15) is 9.90 Å². The number of aromatic nitrogens is 3. The van der Waals surface area contributed by atoms with E-state index >= 15 is 0 Å². The molecule has 1 aromatic carbocycles. The quantitative estimate of drug-likeness (QED) is 0.785. The van der Waals surface area contributed by atoms with Gasteiger partial charge in [-0.15, -0.1) is 0 Å². The first-order valence-corrected chi connectivity index (χ1v) is 7.01. The monoisotopic (exact) mass is 299 g/mol. The number of nitrogens with zero attached hydrogens (tertiary/aromatic N) is 3. The average Bonchev–Trinajstić information content (AvgIpc) is 2.88. The summed E-state index contributed by atoms with van der Waals surface area (Å²) in [5.41, 5.74) is 2.76. The largest absolute Gasteiger partial charge is 0.453 e. The van der Waals surface area contributed by atoms with Crippen molar-refractivity contribution in [3.8, 4) is 11.5 Å². The molecule has 22 heavy (non-hydrogen) atoms. The molecule has 0 amide bonds. The summed E-state index contributed by atoms with van der Waals surface area (Å²) in [6.45, 7) is 5.24. The van der Waals surface area contributed by atoms with Crippen LogP contribution in [0.5, 0.6) is 0 Å². The van der Waals surface area contributed by atoms with Crippen molar-refractivity contribution >= 4 is 11.0 Å². The van der Waals surface area contributed by atoms with E-state index in [-0.39, 0.29) is 5.43 Å². The van der Waals surface area contributed by atoms with Crippen LogP contribution in [0.1, 0.15) is 29.7 Å². The van der Waals surface area contributed by atoms with Crippen molar-refractivity contribution in [2.45, 2.75) is 26.9 Å². The van der Waals surface area contributed by atoms with Gasteiger partial charge in [-0.2, -0.15) is 15.0 Å². The number of hydrogen-bond donors (Lipinski definition) is 1. The second-order valence-electron chi connectivity index (χ2n) is 5.51. The van der Waals surface area contributed by atoms with Crippen LogP contribution in [0.25, 0.3) is 22.4 Å². The molecule has 0 aliphatic heterocycles. The van der Waals surface area contributed by atoms with Gasteiger partial charge < -0.3 is 9.52 Å². The molecule has 6 heteroatoms. The number of aliphatic hydroxyl groups is 1. The molecule has 2 aromatic heterocycles. The second kappa shape index (κ2) is 5.06. The zero-order valence-electron chi connectivity index (χ0n) is 12.9. The van der Waals surface area contributed by atoms with E-state index in [0.29, 0.717) is 33.6 Å². The maximum atomic E-state index is 12.7. The van der Waals surface area contributed by atoms with Crippen molar-refractivity contribution in [2.75, 3.05) is 0 Å². The number of rotatable bonds is 2. The van der Waals surface area contributed by atoms with Gasteiger partial charge in [0, 0.05) is 18.2 Å². The summed E-state index contributed by atoms with van der Waals surface area (Å²) in [4.78, 5) is 14.1. The highest BCUT2D eigenvalue weighted by Gasteiger charge is 2.19. The zero-order chi connectivity index (χ0) is 16.0. The van der Waals surface area contributed by atoms with E-state index in [1.807, 2.05) is 13.0 Å². The molecular weight excluding hydrogens is 282 g/mol. The molecule has 2 heterocycles. The summed E-state index contributed by atoms with van der Waals surface area (Å²) in [6.07, 6.45) is 0.816. The van der Waals surface area contributed by atoms with E-state index in [4.69, 9.17) is 4.42 Å². The Kier molecular flexibility index (Phi) is 3.33. The number of aryl methyl sites for hydroxylation is 2. The van der Waals surface area contributed by atoms with Crippen LogP contribution < -0.4 is 5.43 Å². The van der Waals surface area contributed by atoms with Crippen molar-refractivity contribution in [1.82, 2.24) is 15.0 Å². The van der Waals surface area contributed by atoms with Gasteiger partial charge in [-0.05, 0) is 38.5 Å². The fourth-order valence-electron chi connectivity index (χ4n) is 2.57. The molecule has 0 unspecified atom stereocenters. The van der Waals surface area contributed by atoms with Crippen molar-refractivity contribution in [3.63, 3.8) is 0 Å². The third kappa shape index (κ3) is 2.21. The Hall–Kier alpha value is -2.47. The maximum Gasteiger partial charge on any atom is 0.196 e. The van der Waals surface area contributed by atoms with E-state index in [0.717, 1.165) is 5.56 Å². The molecule has 3 rings (SSSR count). The van der Waals surface area contributed by atoms with E-state index < -0.39 is 6.10 Å². The summed E-state index contributed by atoms with van der Waals surface area (Å²) in [5, 5.41) is 18.7. The lowest BCUT2D eigenvalue weighted by molar-refractivity contribution is 0.199. The van der Waals surface area contributed by atoms with Gasteiger partial charge in [0.25, 0.3) is 0 Å². The minimum absolute atomic E-state index is 0.118. The molecule has 1 atom stereocenters. The molecule has 3 aromatic rings. The van der Waals surface area contributed by atoms with Crippen LogP contribution in [-0.2, 0) is 7.05 Å². The molecular formula is C16H17N3O3. The van der Waals surface area contributed by atoms with Crippen LogP contribution in [0.3, 0.4) is 0 Å². The Morgan fingerprint density at radius 3 is 2.64 bits per heavy atom. The highest BCUT2D eigenvalue weighted by molar-refractivity contribution is 5.83. The lowest BCUT2D eigenvalue weighted by Crippen LogP contribution is -2.09. The van der Waals surface area contributed by atoms with Gasteiger partial charge in [0.05, 0.1) is 17.7 Å². The Labute approximate surface area is 127 Å². The summed E-state index contributed by atoms with van der Waals surface area (Å²) < 4.78 is 5.94. The first-order valence-electron chi connectivity index (χ1n) is 7.01. The third-order valence-electron chi connectivity index (χ3n) is 3.67. The Balaban J connectivity index is 2.42. The predicted octanol–water partition coefficient (Wildman–Crippen LogP) is 2.26. The van der Waals surface area contributed by atoms with Crippen LogP contribution >= 0.6 is 0 Å². The van der Waals surface area contributed by atoms with Crippen molar-refractivity contribution in [3.05, 3.63) is 45.2 Å². The average molecular weight is 299 g/mol. The van der Waals surface area contributed by atoms with Crippen molar-refractivity contribution in [1.29, 1.82) is 0 Å². The molecule has 6 nitrogen and oxygen atoms in total. The number of aliphatic hydroxyl groups excluding tert-OH is 1. The van der Waals surface area contributed by atoms with Crippen molar-refractivity contribution < 1.29 is 9.52 Å². The van der Waals surface area contributed by atoms with E-state index in [2.05, 4.69) is 10.2 Å². The number of hydrogen-bond acceptors (Lipinski definition) is 5. The molecule has 114 valence electrons. The van der Waals surface area contributed by atoms with Crippen LogP contribution in [0.4, 0.5) is 0 Å². The van der Waals surface area contributed by atoms with Crippen LogP contribution in [0.2, 0.25) is 0 Å². The molecule has 0 fully saturated rings. The second-order valence-corrected chi connectivity index (χ2v) is 5.51. The summed E-state index contributed by atoms with van der Waals surface area (Å²) in [6, 6.07) is 3.60. The van der Waals surface area contributed by atoms with Crippen LogP contribution in [0, 0.1) is 13.8 Å². The van der Waals surface area contributed by atoms with Crippen molar-refractivity contribution in [2.24, 2.45) is 7.05 Å². The number of benzene rings is 1. The topological polar surface area (TPSA) is 81.2 Å². The molecule has 0 aliphatic rings. The smallest absolute Gasteiger partial charge is 0.196 e.